The summed E-state index contributed by atoms with van der Waals surface area (Å²) in [6.45, 7) is 0. The summed E-state index contributed by atoms with van der Waals surface area (Å²) in [4.78, 5) is 11.1. The molecule has 0 radical (unpaired) electrons. The number of carboxylic acid groups (broad SMARTS) is 1. The molecule has 0 aliphatic rings. The Morgan fingerprint density at radius 2 is 2.10 bits per heavy atom. The van der Waals surface area contributed by atoms with Crippen molar-refractivity contribution in [3.63, 3.8) is 0 Å². The van der Waals surface area contributed by atoms with Gasteiger partial charge in [0, 0.05) is 10.9 Å². The van der Waals surface area contributed by atoms with Gasteiger partial charge in [0.25, 0.3) is 0 Å². The molecule has 2 aromatic carbocycles. The number of ether oxygens (including phenoxy) is 1. The second kappa shape index (κ2) is 4.70. The summed E-state index contributed by atoms with van der Waals surface area (Å²) in [6.07, 6.45) is 0. The smallest absolute Gasteiger partial charge is 0.335 e. The molecular weight excluding hydrogens is 256 g/mol. The van der Waals surface area contributed by atoms with Crippen LogP contribution < -0.4 is 4.74 Å². The maximum absolute atomic E-state index is 11.1. The zero-order valence-corrected chi connectivity index (χ0v) is 10.8. The predicted molar refractivity (Wildman–Crippen MR) is 75.0 cm³/mol. The maximum Gasteiger partial charge on any atom is 0.335 e. The Bertz CT molecular complexity index is 793. The summed E-state index contributed by atoms with van der Waals surface area (Å²) in [5, 5.41) is 17.0. The van der Waals surface area contributed by atoms with Crippen LogP contribution in [0.5, 0.6) is 5.75 Å². The average molecular weight is 268 g/mol. The fraction of sp³-hybridized carbons (Fsp3) is 0.0667. The molecule has 5 heteroatoms. The number of benzene rings is 2. The Morgan fingerprint density at radius 1 is 1.25 bits per heavy atom. The van der Waals surface area contributed by atoms with Crippen molar-refractivity contribution in [2.75, 3.05) is 7.11 Å². The lowest BCUT2D eigenvalue weighted by molar-refractivity contribution is 0.0697. The van der Waals surface area contributed by atoms with Gasteiger partial charge >= 0.3 is 5.97 Å². The van der Waals surface area contributed by atoms with Gasteiger partial charge in [-0.1, -0.05) is 12.1 Å². The van der Waals surface area contributed by atoms with E-state index in [0.29, 0.717) is 5.69 Å². The quantitative estimate of drug-likeness (QED) is 0.765. The lowest BCUT2D eigenvalue weighted by atomic mass is 10.1. The van der Waals surface area contributed by atoms with E-state index in [9.17, 15) is 4.79 Å². The molecule has 0 amide bonds. The molecule has 0 atom stereocenters. The first kappa shape index (κ1) is 12.2. The fourth-order valence-corrected chi connectivity index (χ4v) is 2.14. The van der Waals surface area contributed by atoms with E-state index >= 15 is 0 Å². The molecule has 0 aliphatic heterocycles. The van der Waals surface area contributed by atoms with Gasteiger partial charge in [0.15, 0.2) is 0 Å². The van der Waals surface area contributed by atoms with Crippen molar-refractivity contribution in [3.05, 3.63) is 48.0 Å². The van der Waals surface area contributed by atoms with Crippen LogP contribution in [0.15, 0.2) is 42.5 Å². The van der Waals surface area contributed by atoms with Crippen molar-refractivity contribution in [1.29, 1.82) is 0 Å². The molecule has 3 rings (SSSR count). The van der Waals surface area contributed by atoms with Crippen LogP contribution in [0.3, 0.4) is 0 Å². The molecule has 0 unspecified atom stereocenters. The van der Waals surface area contributed by atoms with Gasteiger partial charge in [-0.15, -0.1) is 0 Å². The number of nitrogens with zero attached hydrogens (tertiary/aromatic N) is 1. The monoisotopic (exact) mass is 268 g/mol. The average Bonchev–Trinajstić information content (AvgIpc) is 2.90. The number of rotatable bonds is 3. The minimum absolute atomic E-state index is 0.239. The molecule has 100 valence electrons. The van der Waals surface area contributed by atoms with E-state index in [0.717, 1.165) is 22.2 Å². The number of aromatic nitrogens is 2. The van der Waals surface area contributed by atoms with Crippen LogP contribution >= 0.6 is 0 Å². The Labute approximate surface area is 114 Å². The molecule has 0 bridgehead atoms. The highest BCUT2D eigenvalue weighted by Crippen LogP contribution is 2.29. The number of methoxy groups -OCH3 is 1. The lowest BCUT2D eigenvalue weighted by Gasteiger charge is -2.02. The van der Waals surface area contributed by atoms with Crippen LogP contribution in [-0.4, -0.2) is 28.4 Å². The second-order valence-corrected chi connectivity index (χ2v) is 4.37. The van der Waals surface area contributed by atoms with E-state index in [1.165, 1.54) is 0 Å². The molecule has 0 aliphatic carbocycles. The van der Waals surface area contributed by atoms with Crippen molar-refractivity contribution < 1.29 is 14.6 Å². The van der Waals surface area contributed by atoms with Crippen molar-refractivity contribution in [2.24, 2.45) is 0 Å². The third-order valence-electron chi connectivity index (χ3n) is 3.15. The summed E-state index contributed by atoms with van der Waals surface area (Å²) >= 11 is 0. The summed E-state index contributed by atoms with van der Waals surface area (Å²) in [6, 6.07) is 12.4. The van der Waals surface area contributed by atoms with Crippen LogP contribution in [0.1, 0.15) is 10.4 Å². The molecule has 2 N–H and O–H groups in total. The Balaban J connectivity index is 2.20. The van der Waals surface area contributed by atoms with Gasteiger partial charge in [-0.25, -0.2) is 4.79 Å². The number of carbonyl (C=O) groups is 1. The Morgan fingerprint density at radius 3 is 2.85 bits per heavy atom. The molecule has 3 aromatic rings. The summed E-state index contributed by atoms with van der Waals surface area (Å²) in [5.74, 6) is -0.224. The maximum atomic E-state index is 11.1. The molecule has 0 fully saturated rings. The number of nitrogens with one attached hydrogen (secondary N) is 1. The van der Waals surface area contributed by atoms with Gasteiger partial charge in [-0.05, 0) is 30.3 Å². The summed E-state index contributed by atoms with van der Waals surface area (Å²) < 4.78 is 5.19. The van der Waals surface area contributed by atoms with Gasteiger partial charge in [0.2, 0.25) is 0 Å². The minimum atomic E-state index is -0.954. The van der Waals surface area contributed by atoms with Crippen molar-refractivity contribution in [2.45, 2.75) is 0 Å². The van der Waals surface area contributed by atoms with Crippen LogP contribution in [-0.2, 0) is 0 Å². The second-order valence-electron chi connectivity index (χ2n) is 4.37. The van der Waals surface area contributed by atoms with Crippen LogP contribution in [0, 0.1) is 0 Å². The highest BCUT2D eigenvalue weighted by atomic mass is 16.5. The van der Waals surface area contributed by atoms with Crippen LogP contribution in [0.2, 0.25) is 0 Å². The number of hydrogen-bond donors (Lipinski definition) is 2. The Kier molecular flexibility index (Phi) is 2.87. The molecule has 20 heavy (non-hydrogen) atoms. The zero-order chi connectivity index (χ0) is 14.1. The molecule has 1 heterocycles. The fourth-order valence-electron chi connectivity index (χ4n) is 2.14. The lowest BCUT2D eigenvalue weighted by Crippen LogP contribution is -1.95. The van der Waals surface area contributed by atoms with Crippen LogP contribution in [0.25, 0.3) is 22.2 Å². The van der Waals surface area contributed by atoms with Crippen LogP contribution in [0.4, 0.5) is 0 Å². The molecule has 5 nitrogen and oxygen atoms in total. The standard InChI is InChI=1S/C15H12N2O3/c1-20-11-4-2-3-9(7-11)14-12-8-10(15(18)19)5-6-13(12)16-17-14/h2-8H,1H3,(H,16,17)(H,18,19). The normalized spacial score (nSPS) is 10.7. The number of hydrogen-bond acceptors (Lipinski definition) is 3. The van der Waals surface area contributed by atoms with Gasteiger partial charge in [-0.3, -0.25) is 5.10 Å². The number of carboxylic acids is 1. The summed E-state index contributed by atoms with van der Waals surface area (Å²) in [5.41, 5.74) is 2.62. The van der Waals surface area contributed by atoms with Gasteiger partial charge in [0.1, 0.15) is 11.4 Å². The molecule has 0 saturated carbocycles. The van der Waals surface area contributed by atoms with E-state index in [1.807, 2.05) is 24.3 Å². The number of aromatic amines is 1. The largest absolute Gasteiger partial charge is 0.497 e. The highest BCUT2D eigenvalue weighted by Gasteiger charge is 2.11. The first-order chi connectivity index (χ1) is 9.69. The summed E-state index contributed by atoms with van der Waals surface area (Å²) in [7, 11) is 1.60. The van der Waals surface area contributed by atoms with Crippen molar-refractivity contribution in [1.82, 2.24) is 10.2 Å². The van der Waals surface area contributed by atoms with E-state index < -0.39 is 5.97 Å². The minimum Gasteiger partial charge on any atom is -0.497 e. The molecule has 1 aromatic heterocycles. The SMILES string of the molecule is COc1cccc(-c2n[nH]c3ccc(C(=O)O)cc23)c1. The van der Waals surface area contributed by atoms with Gasteiger partial charge < -0.3 is 9.84 Å². The van der Waals surface area contributed by atoms with Crippen molar-refractivity contribution in [3.8, 4) is 17.0 Å². The zero-order valence-electron chi connectivity index (χ0n) is 10.8. The number of H-pyrrole nitrogens is 1. The third kappa shape index (κ3) is 1.99. The highest BCUT2D eigenvalue weighted by molar-refractivity contribution is 5.98. The predicted octanol–water partition coefficient (Wildman–Crippen LogP) is 2.94. The van der Waals surface area contributed by atoms with Gasteiger partial charge in [-0.2, -0.15) is 5.10 Å². The van der Waals surface area contributed by atoms with Crippen molar-refractivity contribution >= 4 is 16.9 Å². The third-order valence-corrected chi connectivity index (χ3v) is 3.15. The first-order valence-corrected chi connectivity index (χ1v) is 6.05. The first-order valence-electron chi connectivity index (χ1n) is 6.05. The topological polar surface area (TPSA) is 75.2 Å². The number of fused-ring (bicyclic) bond motifs is 1. The van der Waals surface area contributed by atoms with Gasteiger partial charge in [0.05, 0.1) is 18.2 Å². The molecular formula is C15H12N2O3. The Hall–Kier alpha value is -2.82. The van der Waals surface area contributed by atoms with E-state index in [4.69, 9.17) is 9.84 Å². The number of aromatic carboxylic acids is 1. The molecule has 0 spiro atoms. The van der Waals surface area contributed by atoms with E-state index in [1.54, 1.807) is 25.3 Å². The molecule has 0 saturated heterocycles. The van der Waals surface area contributed by atoms with E-state index in [-0.39, 0.29) is 5.56 Å². The van der Waals surface area contributed by atoms with E-state index in [2.05, 4.69) is 10.2 Å².